The Morgan fingerprint density at radius 3 is 1.50 bits per heavy atom. The van der Waals surface area contributed by atoms with E-state index >= 15 is 0 Å². The Hall–Kier alpha value is -2.12. The molecule has 0 aliphatic carbocycles. The zero-order valence-corrected chi connectivity index (χ0v) is 42.2. The number of ether oxygens (including phenoxy) is 3. The minimum Gasteiger partial charge on any atom is -0.466 e. The Morgan fingerprint density at radius 2 is 0.985 bits per heavy atom. The highest BCUT2D eigenvalue weighted by atomic mass is 16.7. The molecule has 1 rings (SSSR count). The van der Waals surface area contributed by atoms with Crippen molar-refractivity contribution < 1.29 is 49.3 Å². The average Bonchev–Trinajstić information content (AvgIpc) is 3.31. The maximum atomic E-state index is 13.0. The van der Waals surface area contributed by atoms with Gasteiger partial charge in [-0.2, -0.15) is 0 Å². The van der Waals surface area contributed by atoms with Crippen molar-refractivity contribution in [3.8, 4) is 0 Å². The van der Waals surface area contributed by atoms with E-state index < -0.39 is 49.5 Å². The third-order valence-corrected chi connectivity index (χ3v) is 12.7. The van der Waals surface area contributed by atoms with Crippen LogP contribution in [0.15, 0.2) is 36.5 Å². The molecular weight excluding hydrogens is 835 g/mol. The molecule has 1 saturated heterocycles. The Bertz CT molecular complexity index is 1190. The molecule has 0 aromatic carbocycles. The predicted molar refractivity (Wildman–Crippen MR) is 269 cm³/mol. The van der Waals surface area contributed by atoms with Crippen LogP contribution in [0.25, 0.3) is 0 Å². The van der Waals surface area contributed by atoms with Crippen LogP contribution in [0.4, 0.5) is 0 Å². The molecule has 1 amide bonds. The van der Waals surface area contributed by atoms with Gasteiger partial charge in [-0.3, -0.25) is 9.59 Å². The van der Waals surface area contributed by atoms with Crippen molar-refractivity contribution in [2.75, 3.05) is 19.8 Å². The van der Waals surface area contributed by atoms with Gasteiger partial charge in [-0.1, -0.05) is 185 Å². The number of rotatable bonds is 46. The van der Waals surface area contributed by atoms with Crippen molar-refractivity contribution in [2.45, 2.75) is 281 Å². The maximum Gasteiger partial charge on any atom is 0.305 e. The second kappa shape index (κ2) is 45.3. The van der Waals surface area contributed by atoms with E-state index in [0.717, 1.165) is 89.9 Å². The van der Waals surface area contributed by atoms with Crippen LogP contribution in [0.1, 0.15) is 239 Å². The van der Waals surface area contributed by atoms with Crippen molar-refractivity contribution in [2.24, 2.45) is 0 Å². The standard InChI is InChI=1S/C55H101NO10/c1-3-5-7-9-11-13-21-25-29-33-37-41-48(58)47(46-65-55-54(63)53(62)52(61)49(45-57)66-55)56-50(59)42-38-34-30-26-23-19-17-15-16-18-20-24-28-32-36-40-44-64-51(60)43-39-35-31-27-22-14-12-10-8-6-4-2/h10,12,15,17,37,41,47-49,52-55,57-58,61-63H,3-9,11,13-14,16,18-36,38-40,42-46H2,1-2H3,(H,56,59)/b12-10-,17-15-,41-37+. The highest BCUT2D eigenvalue weighted by Crippen LogP contribution is 2.23. The molecule has 0 spiro atoms. The molecule has 0 aromatic heterocycles. The molecule has 1 aliphatic rings. The van der Waals surface area contributed by atoms with Crippen LogP contribution in [-0.2, 0) is 23.8 Å². The van der Waals surface area contributed by atoms with Crippen molar-refractivity contribution in [3.05, 3.63) is 36.5 Å². The normalized spacial score (nSPS) is 19.9. The largest absolute Gasteiger partial charge is 0.466 e. The third kappa shape index (κ3) is 35.1. The SMILES string of the molecule is CCCC/C=C\CCCCCCCC(=O)OCCCCCCCCC/C=C\CCCCCCCC(=O)NC(COC1OC(CO)C(O)C(O)C1O)C(O)/C=C/CCCCCCCCCCC. The molecule has 7 unspecified atom stereocenters. The number of unbranched alkanes of at least 4 members (excludes halogenated alkanes) is 28. The molecule has 7 atom stereocenters. The Kier molecular flexibility index (Phi) is 42.5. The number of esters is 1. The van der Waals surface area contributed by atoms with Crippen LogP contribution < -0.4 is 5.32 Å². The van der Waals surface area contributed by atoms with E-state index in [1.807, 2.05) is 6.08 Å². The molecule has 6 N–H and O–H groups in total. The van der Waals surface area contributed by atoms with Gasteiger partial charge in [0.15, 0.2) is 6.29 Å². The van der Waals surface area contributed by atoms with Crippen LogP contribution in [0.5, 0.6) is 0 Å². The molecule has 386 valence electrons. The molecule has 1 fully saturated rings. The van der Waals surface area contributed by atoms with Gasteiger partial charge in [-0.05, 0) is 77.0 Å². The minimum atomic E-state index is -1.58. The fraction of sp³-hybridized carbons (Fsp3) is 0.855. The number of aliphatic hydroxyl groups is 5. The summed E-state index contributed by atoms with van der Waals surface area (Å²) in [5.41, 5.74) is 0. The van der Waals surface area contributed by atoms with Crippen LogP contribution >= 0.6 is 0 Å². The van der Waals surface area contributed by atoms with Crippen LogP contribution in [0.3, 0.4) is 0 Å². The lowest BCUT2D eigenvalue weighted by Crippen LogP contribution is -2.60. The predicted octanol–water partition coefficient (Wildman–Crippen LogP) is 11.6. The van der Waals surface area contributed by atoms with Gasteiger partial charge in [-0.15, -0.1) is 0 Å². The van der Waals surface area contributed by atoms with Gasteiger partial charge in [0.1, 0.15) is 24.4 Å². The topological polar surface area (TPSA) is 175 Å². The smallest absolute Gasteiger partial charge is 0.305 e. The molecule has 0 bridgehead atoms. The molecule has 11 heteroatoms. The average molecular weight is 936 g/mol. The van der Waals surface area contributed by atoms with E-state index in [-0.39, 0.29) is 18.5 Å². The van der Waals surface area contributed by atoms with Crippen LogP contribution in [-0.4, -0.2) is 100 Å². The first-order valence-electron chi connectivity index (χ1n) is 27.3. The van der Waals surface area contributed by atoms with Crippen molar-refractivity contribution in [1.29, 1.82) is 0 Å². The zero-order valence-electron chi connectivity index (χ0n) is 42.2. The van der Waals surface area contributed by atoms with Gasteiger partial charge in [0.05, 0.1) is 32.0 Å². The fourth-order valence-electron chi connectivity index (χ4n) is 8.29. The highest BCUT2D eigenvalue weighted by molar-refractivity contribution is 5.76. The number of amides is 1. The summed E-state index contributed by atoms with van der Waals surface area (Å²) in [6.07, 6.45) is 43.6. The zero-order chi connectivity index (χ0) is 48.1. The summed E-state index contributed by atoms with van der Waals surface area (Å²) >= 11 is 0. The molecule has 0 saturated carbocycles. The van der Waals surface area contributed by atoms with E-state index in [4.69, 9.17) is 14.2 Å². The first-order chi connectivity index (χ1) is 32.2. The number of carbonyl (C=O) groups is 2. The van der Waals surface area contributed by atoms with E-state index in [1.54, 1.807) is 6.08 Å². The molecule has 1 aliphatic heterocycles. The number of nitrogens with one attached hydrogen (secondary N) is 1. The summed E-state index contributed by atoms with van der Waals surface area (Å²) in [6, 6.07) is -0.821. The van der Waals surface area contributed by atoms with Gasteiger partial charge < -0.3 is 45.1 Å². The molecular formula is C55H101NO10. The fourth-order valence-corrected chi connectivity index (χ4v) is 8.29. The van der Waals surface area contributed by atoms with Gasteiger partial charge in [0.25, 0.3) is 0 Å². The van der Waals surface area contributed by atoms with Crippen molar-refractivity contribution >= 4 is 11.9 Å². The van der Waals surface area contributed by atoms with Crippen LogP contribution in [0.2, 0.25) is 0 Å². The first-order valence-corrected chi connectivity index (χ1v) is 27.3. The molecule has 66 heavy (non-hydrogen) atoms. The Labute approximate surface area is 403 Å². The van der Waals surface area contributed by atoms with Gasteiger partial charge in [0, 0.05) is 12.8 Å². The van der Waals surface area contributed by atoms with E-state index in [0.29, 0.717) is 19.4 Å². The second-order valence-electron chi connectivity index (χ2n) is 18.9. The summed E-state index contributed by atoms with van der Waals surface area (Å²) in [5.74, 6) is -0.233. The lowest BCUT2D eigenvalue weighted by molar-refractivity contribution is -0.302. The summed E-state index contributed by atoms with van der Waals surface area (Å²) < 4.78 is 16.6. The van der Waals surface area contributed by atoms with Crippen molar-refractivity contribution in [3.63, 3.8) is 0 Å². The molecule has 11 nitrogen and oxygen atoms in total. The number of hydrogen-bond acceptors (Lipinski definition) is 10. The summed E-state index contributed by atoms with van der Waals surface area (Å²) in [6.45, 7) is 4.24. The number of carbonyl (C=O) groups excluding carboxylic acids is 2. The summed E-state index contributed by atoms with van der Waals surface area (Å²) in [5, 5.41) is 54.2. The monoisotopic (exact) mass is 936 g/mol. The number of aliphatic hydroxyl groups excluding tert-OH is 5. The molecule has 1 heterocycles. The highest BCUT2D eigenvalue weighted by Gasteiger charge is 2.44. The lowest BCUT2D eigenvalue weighted by Gasteiger charge is -2.40. The van der Waals surface area contributed by atoms with E-state index in [9.17, 15) is 35.1 Å². The minimum absolute atomic E-state index is 0.0325. The van der Waals surface area contributed by atoms with Gasteiger partial charge in [-0.25, -0.2) is 0 Å². The number of hydrogen-bond donors (Lipinski definition) is 6. The van der Waals surface area contributed by atoms with Gasteiger partial charge in [0.2, 0.25) is 5.91 Å². The third-order valence-electron chi connectivity index (χ3n) is 12.7. The summed E-state index contributed by atoms with van der Waals surface area (Å²) in [7, 11) is 0. The summed E-state index contributed by atoms with van der Waals surface area (Å²) in [4.78, 5) is 25.0. The quantitative estimate of drug-likeness (QED) is 0.0196. The van der Waals surface area contributed by atoms with E-state index in [2.05, 4.69) is 43.5 Å². The lowest BCUT2D eigenvalue weighted by atomic mass is 9.99. The molecule has 0 radical (unpaired) electrons. The second-order valence-corrected chi connectivity index (χ2v) is 18.9. The first kappa shape index (κ1) is 61.9. The Balaban J connectivity index is 2.15. The Morgan fingerprint density at radius 1 is 0.545 bits per heavy atom. The maximum absolute atomic E-state index is 13.0. The number of allylic oxidation sites excluding steroid dienone is 5. The molecule has 0 aromatic rings. The van der Waals surface area contributed by atoms with Crippen molar-refractivity contribution in [1.82, 2.24) is 5.32 Å². The van der Waals surface area contributed by atoms with Gasteiger partial charge >= 0.3 is 5.97 Å². The van der Waals surface area contributed by atoms with E-state index in [1.165, 1.54) is 122 Å². The van der Waals surface area contributed by atoms with Crippen LogP contribution in [0, 0.1) is 0 Å².